The molecule has 0 aliphatic heterocycles. The summed E-state index contributed by atoms with van der Waals surface area (Å²) in [5, 5.41) is 4.82. The lowest BCUT2D eigenvalue weighted by molar-refractivity contribution is 0.0923. The first-order valence-corrected chi connectivity index (χ1v) is 12.9. The molecule has 3 aromatic heterocycles. The fourth-order valence-corrected chi connectivity index (χ4v) is 4.75. The van der Waals surface area contributed by atoms with Crippen LogP contribution in [0.15, 0.2) is 88.4 Å². The number of aryl methyl sites for hydroxylation is 3. The number of carbonyl (C=O) groups excluding carboxylic acids is 1. The summed E-state index contributed by atoms with van der Waals surface area (Å²) in [6, 6.07) is 25.0. The smallest absolute Gasteiger partial charge is 0.307 e. The lowest BCUT2D eigenvalue weighted by Crippen LogP contribution is -2.16. The van der Waals surface area contributed by atoms with Crippen molar-refractivity contribution in [3.63, 3.8) is 0 Å². The molecule has 0 aliphatic carbocycles. The van der Waals surface area contributed by atoms with Crippen LogP contribution in [-0.4, -0.2) is 21.3 Å². The molecule has 1 N–H and O–H groups in total. The first-order chi connectivity index (χ1) is 18.8. The number of ether oxygens (including phenoxy) is 1. The third-order valence-corrected chi connectivity index (χ3v) is 6.81. The third kappa shape index (κ3) is 5.68. The average Bonchev–Trinajstić information content (AvgIpc) is 3.61. The topological polar surface area (TPSA) is 73.7 Å². The van der Waals surface area contributed by atoms with Crippen molar-refractivity contribution in [3.05, 3.63) is 124 Å². The number of furan rings is 1. The molecule has 7 nitrogen and oxygen atoms in total. The van der Waals surface area contributed by atoms with Gasteiger partial charge >= 0.3 is 5.91 Å². The Hall–Kier alpha value is -4.49. The van der Waals surface area contributed by atoms with E-state index in [0.29, 0.717) is 16.5 Å². The van der Waals surface area contributed by atoms with Crippen molar-refractivity contribution in [2.45, 2.75) is 34.3 Å². The van der Waals surface area contributed by atoms with Crippen LogP contribution in [0.3, 0.4) is 0 Å². The van der Waals surface area contributed by atoms with Gasteiger partial charge in [-0.3, -0.25) is 4.79 Å². The van der Waals surface area contributed by atoms with E-state index in [9.17, 15) is 4.79 Å². The molecule has 39 heavy (non-hydrogen) atoms. The van der Waals surface area contributed by atoms with Gasteiger partial charge in [-0.15, -0.1) is 0 Å². The van der Waals surface area contributed by atoms with Gasteiger partial charge in [0.1, 0.15) is 18.1 Å². The van der Waals surface area contributed by atoms with Gasteiger partial charge in [-0.1, -0.05) is 11.6 Å². The van der Waals surface area contributed by atoms with Crippen LogP contribution in [-0.2, 0) is 6.61 Å². The molecular weight excluding hydrogens is 512 g/mol. The van der Waals surface area contributed by atoms with E-state index in [1.165, 1.54) is 11.4 Å². The largest absolute Gasteiger partial charge is 0.486 e. The second kappa shape index (κ2) is 11.1. The van der Waals surface area contributed by atoms with Gasteiger partial charge in [-0.05, 0) is 107 Å². The van der Waals surface area contributed by atoms with E-state index >= 15 is 0 Å². The van der Waals surface area contributed by atoms with Crippen LogP contribution < -0.4 is 10.2 Å². The van der Waals surface area contributed by atoms with Crippen molar-refractivity contribution in [3.8, 4) is 17.1 Å². The molecule has 0 radical (unpaired) electrons. The van der Waals surface area contributed by atoms with Crippen molar-refractivity contribution in [2.75, 3.05) is 0 Å². The van der Waals surface area contributed by atoms with Crippen LogP contribution in [0.25, 0.3) is 11.4 Å². The van der Waals surface area contributed by atoms with E-state index in [2.05, 4.69) is 45.6 Å². The summed E-state index contributed by atoms with van der Waals surface area (Å²) in [7, 11) is 0. The van der Waals surface area contributed by atoms with E-state index in [1.807, 2.05) is 68.4 Å². The van der Waals surface area contributed by atoms with Crippen molar-refractivity contribution in [1.82, 2.24) is 14.6 Å². The van der Waals surface area contributed by atoms with Gasteiger partial charge in [0.05, 0.1) is 6.21 Å². The van der Waals surface area contributed by atoms with Crippen LogP contribution in [0.1, 0.15) is 44.7 Å². The number of rotatable bonds is 8. The second-order valence-electron chi connectivity index (χ2n) is 9.34. The highest BCUT2D eigenvalue weighted by molar-refractivity contribution is 6.30. The summed E-state index contributed by atoms with van der Waals surface area (Å²) in [6.07, 6.45) is 1.62. The van der Waals surface area contributed by atoms with Crippen LogP contribution in [0, 0.1) is 27.7 Å². The number of nitrogens with zero attached hydrogens (tertiary/aromatic N) is 3. The number of halogens is 1. The maximum Gasteiger partial charge on any atom is 0.307 e. The van der Waals surface area contributed by atoms with E-state index in [4.69, 9.17) is 20.8 Å². The van der Waals surface area contributed by atoms with Crippen LogP contribution in [0.5, 0.6) is 5.75 Å². The summed E-state index contributed by atoms with van der Waals surface area (Å²) in [4.78, 5) is 12.6. The first-order valence-electron chi connectivity index (χ1n) is 12.6. The van der Waals surface area contributed by atoms with E-state index in [-0.39, 0.29) is 12.4 Å². The minimum absolute atomic E-state index is 0.159. The number of amides is 1. The summed E-state index contributed by atoms with van der Waals surface area (Å²) >= 11 is 6.02. The predicted molar refractivity (Wildman–Crippen MR) is 154 cm³/mol. The lowest BCUT2D eigenvalue weighted by atomic mass is 10.2. The zero-order valence-corrected chi connectivity index (χ0v) is 23.0. The number of hydrazone groups is 1. The molecule has 0 atom stereocenters. The Kier molecular flexibility index (Phi) is 7.43. The molecule has 0 aliphatic rings. The normalized spacial score (nSPS) is 11.3. The Morgan fingerprint density at radius 3 is 2.21 bits per heavy atom. The van der Waals surface area contributed by atoms with Gasteiger partial charge in [-0.25, -0.2) is 5.43 Å². The molecule has 1 amide bonds. The van der Waals surface area contributed by atoms with Gasteiger partial charge in [0.2, 0.25) is 0 Å². The SMILES string of the molecule is Cc1ccc(C)n1-c1ccc(OCc2ccc(C(=O)N/N=C/c3cc(C)n(-c4ccc(Cl)cc4)c3C)o2)cc1. The monoisotopic (exact) mass is 540 g/mol. The summed E-state index contributed by atoms with van der Waals surface area (Å²) in [5.41, 5.74) is 9.90. The zero-order valence-electron chi connectivity index (χ0n) is 22.2. The fourth-order valence-electron chi connectivity index (χ4n) is 4.62. The van der Waals surface area contributed by atoms with E-state index in [1.54, 1.807) is 18.3 Å². The quantitative estimate of drug-likeness (QED) is 0.169. The molecule has 198 valence electrons. The van der Waals surface area contributed by atoms with Crippen LogP contribution >= 0.6 is 11.6 Å². The number of nitrogens with one attached hydrogen (secondary N) is 1. The maximum atomic E-state index is 12.6. The molecule has 0 saturated carbocycles. The van der Waals surface area contributed by atoms with E-state index < -0.39 is 5.91 Å². The molecule has 5 aromatic rings. The standard InChI is InChI=1S/C31H29ClN4O3/c1-20-5-6-21(2)35(20)26-11-13-28(14-12-26)38-19-29-15-16-30(39-29)31(37)34-33-18-24-17-22(3)36(23(24)4)27-9-7-25(32)8-10-27/h5-18H,19H2,1-4H3,(H,34,37)/b33-18+. The van der Waals surface area contributed by atoms with Crippen molar-refractivity contribution < 1.29 is 13.9 Å². The minimum Gasteiger partial charge on any atom is -0.486 e. The maximum absolute atomic E-state index is 12.6. The third-order valence-electron chi connectivity index (χ3n) is 6.56. The average molecular weight is 541 g/mol. The Balaban J connectivity index is 1.17. The van der Waals surface area contributed by atoms with Gasteiger partial charge in [0.25, 0.3) is 0 Å². The zero-order chi connectivity index (χ0) is 27.5. The number of hydrogen-bond donors (Lipinski definition) is 1. The second-order valence-corrected chi connectivity index (χ2v) is 9.77. The van der Waals surface area contributed by atoms with Gasteiger partial charge < -0.3 is 18.3 Å². The highest BCUT2D eigenvalue weighted by Gasteiger charge is 2.13. The Bertz CT molecular complexity index is 1620. The fraction of sp³-hybridized carbons (Fsp3) is 0.161. The number of carbonyl (C=O) groups is 1. The lowest BCUT2D eigenvalue weighted by Gasteiger charge is -2.10. The van der Waals surface area contributed by atoms with Crippen molar-refractivity contribution >= 4 is 23.7 Å². The summed E-state index contributed by atoms with van der Waals surface area (Å²) in [5.74, 6) is 0.971. The minimum atomic E-state index is -0.439. The highest BCUT2D eigenvalue weighted by atomic mass is 35.5. The molecule has 0 bridgehead atoms. The number of hydrogen-bond acceptors (Lipinski definition) is 4. The molecule has 0 unspecified atom stereocenters. The Labute approximate surface area is 232 Å². The summed E-state index contributed by atoms with van der Waals surface area (Å²) < 4.78 is 15.8. The van der Waals surface area contributed by atoms with E-state index in [0.717, 1.165) is 28.3 Å². The van der Waals surface area contributed by atoms with Crippen molar-refractivity contribution in [1.29, 1.82) is 0 Å². The first kappa shape index (κ1) is 26.1. The molecule has 3 heterocycles. The summed E-state index contributed by atoms with van der Waals surface area (Å²) in [6.45, 7) is 8.37. The van der Waals surface area contributed by atoms with Crippen LogP contribution in [0.2, 0.25) is 5.02 Å². The molecule has 2 aromatic carbocycles. The molecule has 0 spiro atoms. The number of benzene rings is 2. The number of aromatic nitrogens is 2. The van der Waals surface area contributed by atoms with Gasteiger partial charge in [-0.2, -0.15) is 5.10 Å². The molecule has 8 heteroatoms. The molecule has 0 fully saturated rings. The molecular formula is C31H29ClN4O3. The molecule has 5 rings (SSSR count). The Morgan fingerprint density at radius 2 is 1.51 bits per heavy atom. The van der Waals surface area contributed by atoms with Gasteiger partial charge in [0.15, 0.2) is 5.76 Å². The van der Waals surface area contributed by atoms with Gasteiger partial charge in [0, 0.05) is 44.7 Å². The predicted octanol–water partition coefficient (Wildman–Crippen LogP) is 7.09. The molecule has 0 saturated heterocycles. The van der Waals surface area contributed by atoms with Crippen LogP contribution in [0.4, 0.5) is 0 Å². The Morgan fingerprint density at radius 1 is 0.872 bits per heavy atom. The van der Waals surface area contributed by atoms with Crippen molar-refractivity contribution in [2.24, 2.45) is 5.10 Å². The highest BCUT2D eigenvalue weighted by Crippen LogP contribution is 2.22.